The van der Waals surface area contributed by atoms with E-state index in [9.17, 15) is 0 Å². The summed E-state index contributed by atoms with van der Waals surface area (Å²) in [7, 11) is 0. The van der Waals surface area contributed by atoms with Gasteiger partial charge in [-0.2, -0.15) is 0 Å². The van der Waals surface area contributed by atoms with Crippen LogP contribution in [0.25, 0.3) is 0 Å². The van der Waals surface area contributed by atoms with Gasteiger partial charge in [-0.05, 0) is 18.2 Å². The van der Waals surface area contributed by atoms with Crippen LogP contribution in [0.1, 0.15) is 11.5 Å². The van der Waals surface area contributed by atoms with Crippen molar-refractivity contribution >= 4 is 0 Å². The summed E-state index contributed by atoms with van der Waals surface area (Å²) in [6, 6.07) is 5.79. The quantitative estimate of drug-likeness (QED) is 0.774. The van der Waals surface area contributed by atoms with Gasteiger partial charge in [0, 0.05) is 30.8 Å². The molecule has 0 bridgehead atoms. The summed E-state index contributed by atoms with van der Waals surface area (Å²) in [5.41, 5.74) is 6.68. The first-order valence-corrected chi connectivity index (χ1v) is 4.50. The maximum atomic E-state index is 5.59. The smallest absolute Gasteiger partial charge is 0.147 e. The van der Waals surface area contributed by atoms with Crippen LogP contribution in [0.2, 0.25) is 0 Å². The summed E-state index contributed by atoms with van der Waals surface area (Å²) in [5, 5.41) is 0. The molecular weight excluding hydrogens is 176 g/mol. The van der Waals surface area contributed by atoms with Gasteiger partial charge in [0.1, 0.15) is 5.82 Å². The highest BCUT2D eigenvalue weighted by atomic mass is 15.0. The standard InChI is InChI=1S/C10H12N4/c11-7-9-3-1-6-14(9)8-10-12-4-2-5-13-10/h1-6H,7-8,11H2. The summed E-state index contributed by atoms with van der Waals surface area (Å²) in [4.78, 5) is 8.31. The maximum Gasteiger partial charge on any atom is 0.147 e. The van der Waals surface area contributed by atoms with Crippen LogP contribution in [-0.2, 0) is 13.1 Å². The van der Waals surface area contributed by atoms with E-state index in [0.29, 0.717) is 13.1 Å². The molecule has 2 aromatic rings. The highest BCUT2D eigenvalue weighted by Gasteiger charge is 2.00. The Hall–Kier alpha value is -1.68. The van der Waals surface area contributed by atoms with Crippen LogP contribution >= 0.6 is 0 Å². The fourth-order valence-electron chi connectivity index (χ4n) is 1.35. The van der Waals surface area contributed by atoms with Gasteiger partial charge in [-0.15, -0.1) is 0 Å². The molecule has 2 heterocycles. The normalized spacial score (nSPS) is 10.4. The molecule has 0 radical (unpaired) electrons. The monoisotopic (exact) mass is 188 g/mol. The average Bonchev–Trinajstić information content (AvgIpc) is 2.67. The summed E-state index contributed by atoms with van der Waals surface area (Å²) >= 11 is 0. The van der Waals surface area contributed by atoms with E-state index < -0.39 is 0 Å². The van der Waals surface area contributed by atoms with Gasteiger partial charge in [-0.25, -0.2) is 9.97 Å². The molecule has 0 unspecified atom stereocenters. The van der Waals surface area contributed by atoms with Gasteiger partial charge in [0.2, 0.25) is 0 Å². The first-order chi connectivity index (χ1) is 6.90. The van der Waals surface area contributed by atoms with Crippen molar-refractivity contribution in [2.45, 2.75) is 13.1 Å². The van der Waals surface area contributed by atoms with Crippen LogP contribution in [0, 0.1) is 0 Å². The molecule has 0 spiro atoms. The number of aromatic nitrogens is 3. The molecule has 72 valence electrons. The highest BCUT2D eigenvalue weighted by molar-refractivity contribution is 5.08. The molecule has 0 fully saturated rings. The molecule has 4 nitrogen and oxygen atoms in total. The van der Waals surface area contributed by atoms with Crippen LogP contribution in [0.15, 0.2) is 36.8 Å². The second-order valence-electron chi connectivity index (χ2n) is 3.00. The molecule has 14 heavy (non-hydrogen) atoms. The fourth-order valence-corrected chi connectivity index (χ4v) is 1.35. The number of hydrogen-bond donors (Lipinski definition) is 1. The first kappa shape index (κ1) is 8.90. The predicted octanol–water partition coefficient (Wildman–Crippen LogP) is 0.785. The lowest BCUT2D eigenvalue weighted by molar-refractivity contribution is 0.705. The van der Waals surface area contributed by atoms with E-state index in [0.717, 1.165) is 11.5 Å². The van der Waals surface area contributed by atoms with Crippen LogP contribution in [0.3, 0.4) is 0 Å². The van der Waals surface area contributed by atoms with Crippen LogP contribution in [0.4, 0.5) is 0 Å². The van der Waals surface area contributed by atoms with Gasteiger partial charge < -0.3 is 10.3 Å². The van der Waals surface area contributed by atoms with E-state index >= 15 is 0 Å². The molecule has 2 N–H and O–H groups in total. The summed E-state index contributed by atoms with van der Waals surface area (Å²) in [6.07, 6.45) is 5.47. The van der Waals surface area contributed by atoms with Crippen molar-refractivity contribution < 1.29 is 0 Å². The molecular formula is C10H12N4. The van der Waals surface area contributed by atoms with E-state index in [2.05, 4.69) is 14.5 Å². The third-order valence-electron chi connectivity index (χ3n) is 2.06. The molecule has 2 aromatic heterocycles. The summed E-state index contributed by atoms with van der Waals surface area (Å²) in [5.74, 6) is 0.804. The largest absolute Gasteiger partial charge is 0.343 e. The van der Waals surface area contributed by atoms with Gasteiger partial charge in [0.15, 0.2) is 0 Å². The van der Waals surface area contributed by atoms with E-state index in [-0.39, 0.29) is 0 Å². The molecule has 0 saturated heterocycles. The molecule has 0 aliphatic carbocycles. The Morgan fingerprint density at radius 2 is 2.00 bits per heavy atom. The topological polar surface area (TPSA) is 56.7 Å². The van der Waals surface area contributed by atoms with Crippen LogP contribution in [0.5, 0.6) is 0 Å². The predicted molar refractivity (Wildman–Crippen MR) is 53.5 cm³/mol. The Labute approximate surface area is 82.4 Å². The fraction of sp³-hybridized carbons (Fsp3) is 0.200. The van der Waals surface area contributed by atoms with E-state index in [1.54, 1.807) is 12.4 Å². The average molecular weight is 188 g/mol. The lowest BCUT2D eigenvalue weighted by Crippen LogP contribution is -2.09. The number of rotatable bonds is 3. The van der Waals surface area contributed by atoms with E-state index in [1.807, 2.05) is 24.4 Å². The van der Waals surface area contributed by atoms with Crippen molar-refractivity contribution in [3.05, 3.63) is 48.3 Å². The van der Waals surface area contributed by atoms with Crippen molar-refractivity contribution in [1.82, 2.24) is 14.5 Å². The number of nitrogens with two attached hydrogens (primary N) is 1. The zero-order valence-electron chi connectivity index (χ0n) is 7.80. The Morgan fingerprint density at radius 3 is 2.71 bits per heavy atom. The lowest BCUT2D eigenvalue weighted by atomic mass is 10.4. The second-order valence-corrected chi connectivity index (χ2v) is 3.00. The van der Waals surface area contributed by atoms with Crippen LogP contribution in [-0.4, -0.2) is 14.5 Å². The van der Waals surface area contributed by atoms with Gasteiger partial charge in [0.25, 0.3) is 0 Å². The summed E-state index contributed by atoms with van der Waals surface area (Å²) < 4.78 is 2.05. The molecule has 0 aromatic carbocycles. The van der Waals surface area contributed by atoms with Crippen molar-refractivity contribution in [3.8, 4) is 0 Å². The molecule has 4 heteroatoms. The number of hydrogen-bond acceptors (Lipinski definition) is 3. The highest BCUT2D eigenvalue weighted by Crippen LogP contribution is 2.03. The number of nitrogens with zero attached hydrogens (tertiary/aromatic N) is 3. The van der Waals surface area contributed by atoms with Gasteiger partial charge in [-0.3, -0.25) is 0 Å². The molecule has 0 atom stereocenters. The maximum absolute atomic E-state index is 5.59. The lowest BCUT2D eigenvalue weighted by Gasteiger charge is -2.05. The molecule has 0 amide bonds. The molecule has 0 aliphatic heterocycles. The van der Waals surface area contributed by atoms with Crippen molar-refractivity contribution in [2.24, 2.45) is 5.73 Å². The van der Waals surface area contributed by atoms with Gasteiger partial charge >= 0.3 is 0 Å². The third-order valence-corrected chi connectivity index (χ3v) is 2.06. The van der Waals surface area contributed by atoms with Crippen molar-refractivity contribution in [3.63, 3.8) is 0 Å². The molecule has 0 aliphatic rings. The summed E-state index contributed by atoms with van der Waals surface area (Å²) in [6.45, 7) is 1.22. The minimum Gasteiger partial charge on any atom is -0.343 e. The first-order valence-electron chi connectivity index (χ1n) is 4.50. The van der Waals surface area contributed by atoms with Crippen LogP contribution < -0.4 is 5.73 Å². The van der Waals surface area contributed by atoms with Crippen molar-refractivity contribution in [2.75, 3.05) is 0 Å². The van der Waals surface area contributed by atoms with Gasteiger partial charge in [0.05, 0.1) is 6.54 Å². The van der Waals surface area contributed by atoms with Gasteiger partial charge in [-0.1, -0.05) is 0 Å². The SMILES string of the molecule is NCc1cccn1Cc1ncccn1. The zero-order valence-corrected chi connectivity index (χ0v) is 7.80. The Balaban J connectivity index is 2.19. The molecule has 0 saturated carbocycles. The Kier molecular flexibility index (Phi) is 2.55. The third kappa shape index (κ3) is 1.80. The second kappa shape index (κ2) is 4.02. The zero-order chi connectivity index (χ0) is 9.80. The van der Waals surface area contributed by atoms with E-state index in [4.69, 9.17) is 5.73 Å². The van der Waals surface area contributed by atoms with Crippen molar-refractivity contribution in [1.29, 1.82) is 0 Å². The Morgan fingerprint density at radius 1 is 1.21 bits per heavy atom. The minimum atomic E-state index is 0.542. The van der Waals surface area contributed by atoms with E-state index in [1.165, 1.54) is 0 Å². The minimum absolute atomic E-state index is 0.542. The Bertz CT molecular complexity index is 394. The molecule has 2 rings (SSSR count).